The molecule has 0 atom stereocenters. The Hall–Kier alpha value is -2.03. The van der Waals surface area contributed by atoms with Crippen molar-refractivity contribution in [1.29, 1.82) is 0 Å². The Morgan fingerprint density at radius 2 is 2.24 bits per heavy atom. The van der Waals surface area contributed by atoms with E-state index in [4.69, 9.17) is 0 Å². The number of esters is 1. The molecule has 1 heterocycles. The second kappa shape index (κ2) is 5.34. The number of ether oxygens (including phenoxy) is 1. The Morgan fingerprint density at radius 3 is 2.82 bits per heavy atom. The van der Waals surface area contributed by atoms with Gasteiger partial charge in [-0.3, -0.25) is 4.79 Å². The van der Waals surface area contributed by atoms with Crippen LogP contribution in [-0.4, -0.2) is 18.1 Å². The normalized spacial score (nSPS) is 10.4. The van der Waals surface area contributed by atoms with Gasteiger partial charge in [0.25, 0.3) is 0 Å². The molecule has 1 rings (SSSR count). The molecule has 0 aliphatic rings. The zero-order valence-electron chi connectivity index (χ0n) is 8.84. The molecule has 0 radical (unpaired) electrons. The summed E-state index contributed by atoms with van der Waals surface area (Å²) >= 11 is 0. The van der Waals surface area contributed by atoms with E-state index in [0.717, 1.165) is 6.07 Å². The van der Waals surface area contributed by atoms with Crippen LogP contribution in [0.1, 0.15) is 17.7 Å². The molecule has 0 bridgehead atoms. The zero-order chi connectivity index (χ0) is 12.9. The largest absolute Gasteiger partial charge is 0.468 e. The van der Waals surface area contributed by atoms with Crippen LogP contribution in [0.5, 0.6) is 0 Å². The van der Waals surface area contributed by atoms with Crippen LogP contribution in [0, 0.1) is 11.8 Å². The highest BCUT2D eigenvalue weighted by molar-refractivity contribution is 5.72. The Kier molecular flexibility index (Phi) is 4.10. The molecular weight excluding hydrogens is 235 g/mol. The second-order valence-electron chi connectivity index (χ2n) is 2.95. The van der Waals surface area contributed by atoms with Crippen molar-refractivity contribution >= 4 is 5.97 Å². The molecule has 0 saturated heterocycles. The summed E-state index contributed by atoms with van der Waals surface area (Å²) in [6.45, 7) is 0. The van der Waals surface area contributed by atoms with Crippen molar-refractivity contribution in [3.05, 3.63) is 29.6 Å². The van der Waals surface area contributed by atoms with E-state index < -0.39 is 23.4 Å². The highest BCUT2D eigenvalue weighted by Gasteiger charge is 2.33. The summed E-state index contributed by atoms with van der Waals surface area (Å²) in [6.07, 6.45) is -3.58. The highest BCUT2D eigenvalue weighted by atomic mass is 19.4. The second-order valence-corrected chi connectivity index (χ2v) is 2.95. The molecule has 1 aromatic heterocycles. The molecule has 90 valence electrons. The van der Waals surface area contributed by atoms with Gasteiger partial charge in [0.05, 0.1) is 12.7 Å². The van der Waals surface area contributed by atoms with Crippen LogP contribution in [0.2, 0.25) is 0 Å². The lowest BCUT2D eigenvalue weighted by atomic mass is 10.2. The molecule has 3 nitrogen and oxygen atoms in total. The quantitative estimate of drug-likeness (QED) is 0.559. The van der Waals surface area contributed by atoms with Crippen molar-refractivity contribution in [3.63, 3.8) is 0 Å². The Labute approximate surface area is 95.6 Å². The third-order valence-corrected chi connectivity index (χ3v) is 1.78. The maximum absolute atomic E-state index is 12.5. The number of rotatable bonds is 1. The number of pyridine rings is 1. The first-order valence-corrected chi connectivity index (χ1v) is 4.53. The lowest BCUT2D eigenvalue weighted by molar-refractivity contribution is -0.139. The van der Waals surface area contributed by atoms with Gasteiger partial charge in [0.2, 0.25) is 0 Å². The number of alkyl halides is 3. The molecule has 0 fully saturated rings. The number of nitrogens with zero attached hydrogens (tertiary/aromatic N) is 1. The van der Waals surface area contributed by atoms with Crippen LogP contribution in [-0.2, 0) is 15.7 Å². The molecule has 6 heteroatoms. The van der Waals surface area contributed by atoms with E-state index in [1.54, 1.807) is 0 Å². The third-order valence-electron chi connectivity index (χ3n) is 1.78. The lowest BCUT2D eigenvalue weighted by Crippen LogP contribution is -2.08. The van der Waals surface area contributed by atoms with E-state index in [0.29, 0.717) is 0 Å². The number of aromatic nitrogens is 1. The minimum atomic E-state index is -4.51. The van der Waals surface area contributed by atoms with Gasteiger partial charge >= 0.3 is 12.1 Å². The SMILES string of the molecule is COC(=O)CC#Cc1ncccc1C(F)(F)F. The van der Waals surface area contributed by atoms with Gasteiger partial charge in [-0.2, -0.15) is 13.2 Å². The molecule has 0 saturated carbocycles. The monoisotopic (exact) mass is 243 g/mol. The van der Waals surface area contributed by atoms with Gasteiger partial charge in [0, 0.05) is 6.20 Å². The third kappa shape index (κ3) is 3.79. The molecule has 17 heavy (non-hydrogen) atoms. The predicted octanol–water partition coefficient (Wildman–Crippen LogP) is 2.02. The number of methoxy groups -OCH3 is 1. The molecule has 0 unspecified atom stereocenters. The fourth-order valence-corrected chi connectivity index (χ4v) is 1.01. The summed E-state index contributed by atoms with van der Waals surface area (Å²) in [6, 6.07) is 2.06. The van der Waals surface area contributed by atoms with Crippen molar-refractivity contribution in [1.82, 2.24) is 4.98 Å². The van der Waals surface area contributed by atoms with Gasteiger partial charge in [-0.05, 0) is 18.1 Å². The first-order valence-electron chi connectivity index (χ1n) is 4.53. The van der Waals surface area contributed by atoms with Gasteiger partial charge in [-0.15, -0.1) is 0 Å². The minimum absolute atomic E-state index is 0.273. The van der Waals surface area contributed by atoms with Gasteiger partial charge in [-0.1, -0.05) is 5.92 Å². The molecular formula is C11H8F3NO2. The number of carbonyl (C=O) groups excluding carboxylic acids is 1. The minimum Gasteiger partial charge on any atom is -0.468 e. The number of carbonyl (C=O) groups is 1. The van der Waals surface area contributed by atoms with Crippen LogP contribution in [0.3, 0.4) is 0 Å². The smallest absolute Gasteiger partial charge is 0.419 e. The molecule has 0 amide bonds. The van der Waals surface area contributed by atoms with E-state index in [1.807, 2.05) is 0 Å². The molecule has 0 N–H and O–H groups in total. The van der Waals surface area contributed by atoms with E-state index in [1.165, 1.54) is 19.4 Å². The van der Waals surface area contributed by atoms with Crippen molar-refractivity contribution in [2.75, 3.05) is 7.11 Å². The average molecular weight is 243 g/mol. The van der Waals surface area contributed by atoms with E-state index >= 15 is 0 Å². The summed E-state index contributed by atoms with van der Waals surface area (Å²) in [7, 11) is 1.17. The standard InChI is InChI=1S/C11H8F3NO2/c1-17-10(16)6-2-5-9-8(11(12,13)14)4-3-7-15-9/h3-4,7H,6H2,1H3. The fourth-order valence-electron chi connectivity index (χ4n) is 1.01. The average Bonchev–Trinajstić information content (AvgIpc) is 2.28. The summed E-state index contributed by atoms with van der Waals surface area (Å²) in [5.41, 5.74) is -1.32. The fraction of sp³-hybridized carbons (Fsp3) is 0.273. The Balaban J connectivity index is 2.95. The van der Waals surface area contributed by atoms with Crippen molar-refractivity contribution in [2.24, 2.45) is 0 Å². The summed E-state index contributed by atoms with van der Waals surface area (Å²) in [5.74, 6) is 3.87. The van der Waals surface area contributed by atoms with Crippen LogP contribution >= 0.6 is 0 Å². The lowest BCUT2D eigenvalue weighted by Gasteiger charge is -2.07. The van der Waals surface area contributed by atoms with Crippen LogP contribution in [0.25, 0.3) is 0 Å². The first-order chi connectivity index (χ1) is 7.95. The molecule has 0 aliphatic carbocycles. The first kappa shape index (κ1) is 13.0. The van der Waals surface area contributed by atoms with Gasteiger partial charge in [0.1, 0.15) is 12.1 Å². The van der Waals surface area contributed by atoms with Crippen LogP contribution in [0.15, 0.2) is 18.3 Å². The number of hydrogen-bond acceptors (Lipinski definition) is 3. The van der Waals surface area contributed by atoms with E-state index in [2.05, 4.69) is 21.6 Å². The molecule has 0 aliphatic heterocycles. The van der Waals surface area contributed by atoms with Crippen molar-refractivity contribution in [2.45, 2.75) is 12.6 Å². The van der Waals surface area contributed by atoms with Crippen LogP contribution in [0.4, 0.5) is 13.2 Å². The summed E-state index contributed by atoms with van der Waals surface area (Å²) in [5, 5.41) is 0. The van der Waals surface area contributed by atoms with Gasteiger partial charge < -0.3 is 4.74 Å². The van der Waals surface area contributed by atoms with E-state index in [-0.39, 0.29) is 6.42 Å². The topological polar surface area (TPSA) is 39.2 Å². The van der Waals surface area contributed by atoms with Crippen molar-refractivity contribution in [3.8, 4) is 11.8 Å². The van der Waals surface area contributed by atoms with E-state index in [9.17, 15) is 18.0 Å². The highest BCUT2D eigenvalue weighted by Crippen LogP contribution is 2.30. The zero-order valence-corrected chi connectivity index (χ0v) is 8.84. The van der Waals surface area contributed by atoms with Crippen LogP contribution < -0.4 is 0 Å². The molecule has 1 aromatic rings. The maximum Gasteiger partial charge on any atom is 0.419 e. The number of hydrogen-bond donors (Lipinski definition) is 0. The Bertz CT molecular complexity index is 472. The summed E-state index contributed by atoms with van der Waals surface area (Å²) in [4.78, 5) is 14.2. The van der Waals surface area contributed by atoms with Gasteiger partial charge in [0.15, 0.2) is 0 Å². The summed E-state index contributed by atoms with van der Waals surface area (Å²) < 4.78 is 41.8. The maximum atomic E-state index is 12.5. The number of halogens is 3. The predicted molar refractivity (Wildman–Crippen MR) is 52.8 cm³/mol. The van der Waals surface area contributed by atoms with Gasteiger partial charge in [-0.25, -0.2) is 4.98 Å². The molecule has 0 aromatic carbocycles. The Morgan fingerprint density at radius 1 is 1.53 bits per heavy atom. The molecule has 0 spiro atoms. The van der Waals surface area contributed by atoms with Crippen molar-refractivity contribution < 1.29 is 22.7 Å².